The summed E-state index contributed by atoms with van der Waals surface area (Å²) in [4.78, 5) is 13.7. The van der Waals surface area contributed by atoms with Gasteiger partial charge in [0.1, 0.15) is 24.0 Å². The van der Waals surface area contributed by atoms with Crippen LogP contribution in [0, 0.1) is 6.57 Å². The number of anilines is 4. The van der Waals surface area contributed by atoms with Crippen LogP contribution in [0.2, 0.25) is 0 Å². The molecule has 0 radical (unpaired) electrons. The van der Waals surface area contributed by atoms with Gasteiger partial charge in [0.25, 0.3) is 0 Å². The molecule has 1 aliphatic rings. The van der Waals surface area contributed by atoms with Crippen LogP contribution in [0.4, 0.5) is 28.4 Å². The van der Waals surface area contributed by atoms with Crippen LogP contribution in [-0.4, -0.2) is 16.2 Å². The molecule has 0 aliphatic carbocycles. The maximum Gasteiger partial charge on any atom is 0.229 e. The third kappa shape index (κ3) is 7.44. The average molecular weight is 780 g/mol. The molecule has 0 atom stereocenters. The van der Waals surface area contributed by atoms with Crippen LogP contribution in [0.25, 0.3) is 32.5 Å². The molecule has 0 N–H and O–H groups in total. The van der Waals surface area contributed by atoms with Gasteiger partial charge < -0.3 is 14.5 Å². The summed E-state index contributed by atoms with van der Waals surface area (Å²) in [5, 5.41) is 2.06. The average Bonchev–Trinajstić information content (AvgIpc) is 3.72. The summed E-state index contributed by atoms with van der Waals surface area (Å²) in [6.07, 6.45) is 1.89. The summed E-state index contributed by atoms with van der Waals surface area (Å²) < 4.78 is 9.13. The fourth-order valence-electron chi connectivity index (χ4n) is 8.05. The Morgan fingerprint density at radius 1 is 0.542 bits per heavy atom. The molecule has 6 heteroatoms. The van der Waals surface area contributed by atoms with Gasteiger partial charge in [-0.25, -0.2) is 9.83 Å². The summed E-state index contributed by atoms with van der Waals surface area (Å²) >= 11 is 0. The number of rotatable bonds is 5. The Labute approximate surface area is 350 Å². The second-order valence-corrected chi connectivity index (χ2v) is 20.3. The maximum atomic E-state index is 8.33. The fraction of sp³-hybridized carbons (Fsp3) is 0.321. The van der Waals surface area contributed by atoms with Gasteiger partial charge in [-0.2, -0.15) is 0 Å². The number of para-hydroxylation sites is 3. The molecular formula is C53H57N5O. The van der Waals surface area contributed by atoms with E-state index in [-0.39, 0.29) is 21.7 Å². The normalized spacial score (nSPS) is 13.6. The number of nitrogens with zero attached hydrogens (tertiary/aromatic N) is 5. The summed E-state index contributed by atoms with van der Waals surface area (Å²) in [6, 6.07) is 39.0. The zero-order valence-electron chi connectivity index (χ0n) is 36.8. The van der Waals surface area contributed by atoms with E-state index >= 15 is 0 Å². The minimum absolute atomic E-state index is 0.00321. The number of ether oxygens (including phenoxy) is 1. The van der Waals surface area contributed by atoms with Crippen molar-refractivity contribution in [3.8, 4) is 17.3 Å². The molecule has 8 rings (SSSR count). The quantitative estimate of drug-likeness (QED) is 0.163. The van der Waals surface area contributed by atoms with Crippen LogP contribution < -0.4 is 14.5 Å². The van der Waals surface area contributed by atoms with Gasteiger partial charge in [-0.1, -0.05) is 119 Å². The molecule has 3 heterocycles. The number of benzene rings is 5. The molecule has 7 aromatic rings. The predicted molar refractivity (Wildman–Crippen MR) is 248 cm³/mol. The maximum absolute atomic E-state index is 8.33. The molecule has 0 saturated heterocycles. The topological polar surface area (TPSA) is 37.9 Å². The molecule has 0 unspecified atom stereocenters. The van der Waals surface area contributed by atoms with Gasteiger partial charge in [0.15, 0.2) is 0 Å². The van der Waals surface area contributed by atoms with Crippen LogP contribution in [0.3, 0.4) is 0 Å². The van der Waals surface area contributed by atoms with Crippen LogP contribution in [-0.2, 0) is 21.7 Å². The number of hydrogen-bond acceptors (Lipinski definition) is 4. The van der Waals surface area contributed by atoms with E-state index in [1.807, 2.05) is 18.3 Å². The summed E-state index contributed by atoms with van der Waals surface area (Å²) in [6.45, 7) is 36.1. The molecule has 5 aromatic carbocycles. The van der Waals surface area contributed by atoms with E-state index in [4.69, 9.17) is 16.3 Å². The molecule has 0 bridgehead atoms. The van der Waals surface area contributed by atoms with Gasteiger partial charge in [-0.15, -0.1) is 0 Å². The first-order chi connectivity index (χ1) is 27.7. The Kier molecular flexibility index (Phi) is 9.47. The van der Waals surface area contributed by atoms with Gasteiger partial charge in [-0.3, -0.25) is 4.57 Å². The van der Waals surface area contributed by atoms with Crippen molar-refractivity contribution in [3.63, 3.8) is 0 Å². The van der Waals surface area contributed by atoms with Crippen molar-refractivity contribution >= 4 is 50.2 Å². The largest absolute Gasteiger partial charge is 0.468 e. The lowest BCUT2D eigenvalue weighted by Gasteiger charge is -2.29. The van der Waals surface area contributed by atoms with E-state index in [9.17, 15) is 0 Å². The van der Waals surface area contributed by atoms with Gasteiger partial charge in [-0.05, 0) is 116 Å². The monoisotopic (exact) mass is 779 g/mol. The van der Waals surface area contributed by atoms with Gasteiger partial charge in [0.05, 0.1) is 29.0 Å². The highest BCUT2D eigenvalue weighted by Crippen LogP contribution is 2.48. The molecule has 6 nitrogen and oxygen atoms in total. The predicted octanol–water partition coefficient (Wildman–Crippen LogP) is 15.0. The van der Waals surface area contributed by atoms with Gasteiger partial charge >= 0.3 is 0 Å². The van der Waals surface area contributed by atoms with Crippen LogP contribution in [0.1, 0.15) is 105 Å². The second kappa shape index (κ2) is 14.1. The minimum Gasteiger partial charge on any atom is -0.468 e. The smallest absolute Gasteiger partial charge is 0.229 e. The highest BCUT2D eigenvalue weighted by Gasteiger charge is 2.31. The third-order valence-corrected chi connectivity index (χ3v) is 11.7. The number of pyridine rings is 1. The lowest BCUT2D eigenvalue weighted by molar-refractivity contribution is 0.482. The summed E-state index contributed by atoms with van der Waals surface area (Å²) in [7, 11) is 0. The SMILES string of the molecule is [C-]#[N+]c1cc2c3ccccc3n(-c3cc(C(C)(C)C)ccn3)c2cc1Oc1cc(N2CN(c3cc(C(C)(C)C)cc(C(C)(C)C)c3)c3ccccc32)cc(C(C)(C)C)c1. The Morgan fingerprint density at radius 3 is 1.66 bits per heavy atom. The summed E-state index contributed by atoms with van der Waals surface area (Å²) in [5.41, 5.74) is 11.7. The first kappa shape index (κ1) is 39.8. The van der Waals surface area contributed by atoms with Crippen molar-refractivity contribution in [2.75, 3.05) is 16.5 Å². The Bertz CT molecular complexity index is 2760. The standard InChI is InChI=1S/C53H57N5O/c1-50(2,3)34-22-23-55-49(29-34)58-44-19-15-14-18-41(44)42-31-43(54-13)48(32-47(42)58)59-40-28-37(53(10,11)12)27-39(30-40)57-33-56(45-20-16-17-21-46(45)57)38-25-35(51(4,5)6)24-36(26-38)52(7,8)9/h14-32H,33H2,1-12H3. The van der Waals surface area contributed by atoms with E-state index in [2.05, 4.69) is 199 Å². The van der Waals surface area contributed by atoms with Crippen LogP contribution in [0.15, 0.2) is 115 Å². The van der Waals surface area contributed by atoms with Crippen LogP contribution >= 0.6 is 0 Å². The lowest BCUT2D eigenvalue weighted by atomic mass is 9.80. The van der Waals surface area contributed by atoms with Crippen molar-refractivity contribution in [1.82, 2.24) is 9.55 Å². The van der Waals surface area contributed by atoms with Gasteiger partial charge in [0, 0.05) is 29.0 Å². The van der Waals surface area contributed by atoms with E-state index < -0.39 is 0 Å². The molecular weight excluding hydrogens is 723 g/mol. The zero-order chi connectivity index (χ0) is 42.2. The Morgan fingerprint density at radius 2 is 1.08 bits per heavy atom. The van der Waals surface area contributed by atoms with Crippen molar-refractivity contribution in [3.05, 3.63) is 149 Å². The van der Waals surface area contributed by atoms with Crippen molar-refractivity contribution in [2.45, 2.75) is 105 Å². The van der Waals surface area contributed by atoms with E-state index in [1.165, 1.54) is 28.1 Å². The number of hydrogen-bond donors (Lipinski definition) is 0. The second-order valence-electron chi connectivity index (χ2n) is 20.3. The molecule has 0 amide bonds. The van der Waals surface area contributed by atoms with Crippen molar-refractivity contribution in [2.24, 2.45) is 0 Å². The molecule has 2 aromatic heterocycles. The molecule has 300 valence electrons. The molecule has 1 aliphatic heterocycles. The molecule has 0 fully saturated rings. The first-order valence-corrected chi connectivity index (χ1v) is 20.8. The van der Waals surface area contributed by atoms with Crippen molar-refractivity contribution in [1.29, 1.82) is 0 Å². The molecule has 0 saturated carbocycles. The van der Waals surface area contributed by atoms with Crippen molar-refractivity contribution < 1.29 is 4.74 Å². The number of aromatic nitrogens is 2. The number of fused-ring (bicyclic) bond motifs is 4. The minimum atomic E-state index is -0.168. The van der Waals surface area contributed by atoms with E-state index in [0.29, 0.717) is 23.9 Å². The fourth-order valence-corrected chi connectivity index (χ4v) is 8.05. The van der Waals surface area contributed by atoms with E-state index in [1.54, 1.807) is 0 Å². The van der Waals surface area contributed by atoms with E-state index in [0.717, 1.165) is 44.6 Å². The highest BCUT2D eigenvalue weighted by atomic mass is 16.5. The summed E-state index contributed by atoms with van der Waals surface area (Å²) in [5.74, 6) is 2.03. The zero-order valence-corrected chi connectivity index (χ0v) is 36.8. The Balaban J connectivity index is 1.26. The molecule has 59 heavy (non-hydrogen) atoms. The first-order valence-electron chi connectivity index (χ1n) is 20.8. The Hall–Kier alpha value is -6.06. The van der Waals surface area contributed by atoms with Crippen LogP contribution in [0.5, 0.6) is 11.5 Å². The third-order valence-electron chi connectivity index (χ3n) is 11.7. The lowest BCUT2D eigenvalue weighted by Crippen LogP contribution is -2.26. The molecule has 0 spiro atoms. The highest BCUT2D eigenvalue weighted by molar-refractivity contribution is 6.11. The van der Waals surface area contributed by atoms with Gasteiger partial charge in [0.2, 0.25) is 5.69 Å².